The third-order valence-corrected chi connectivity index (χ3v) is 4.31. The molecule has 0 aliphatic heterocycles. The summed E-state index contributed by atoms with van der Waals surface area (Å²) in [5.41, 5.74) is 2.74. The first-order valence-electron chi connectivity index (χ1n) is 7.08. The highest BCUT2D eigenvalue weighted by atomic mass is 19.1. The summed E-state index contributed by atoms with van der Waals surface area (Å²) in [7, 11) is 0. The van der Waals surface area contributed by atoms with Gasteiger partial charge in [-0.05, 0) is 36.1 Å². The lowest BCUT2D eigenvalue weighted by Crippen LogP contribution is -2.36. The molecule has 104 valence electrons. The second-order valence-electron chi connectivity index (χ2n) is 5.66. The first-order chi connectivity index (χ1) is 10.2. The van der Waals surface area contributed by atoms with Gasteiger partial charge in [0.15, 0.2) is 0 Å². The number of carbonyl (C=O) groups excluding carboxylic acids is 1. The monoisotopic (exact) mass is 279 g/mol. The van der Waals surface area contributed by atoms with Crippen LogP contribution in [0.2, 0.25) is 0 Å². The third-order valence-electron chi connectivity index (χ3n) is 4.31. The molecule has 1 fully saturated rings. The quantitative estimate of drug-likeness (QED) is 0.903. The van der Waals surface area contributed by atoms with Crippen LogP contribution in [0.3, 0.4) is 0 Å². The molecule has 0 bridgehead atoms. The fourth-order valence-electron chi connectivity index (χ4n) is 3.01. The molecule has 21 heavy (non-hydrogen) atoms. The molecule has 1 N–H and O–H groups in total. The number of hydrogen-bond acceptors (Lipinski definition) is 1. The summed E-state index contributed by atoms with van der Waals surface area (Å²) in [5, 5.41) is 3.03. The van der Waals surface area contributed by atoms with Crippen LogP contribution in [0.25, 0.3) is 0 Å². The molecular weight excluding hydrogens is 265 g/mol. The van der Waals surface area contributed by atoms with Gasteiger partial charge < -0.3 is 5.32 Å². The zero-order valence-electron chi connectivity index (χ0n) is 11.4. The molecule has 0 saturated heterocycles. The van der Waals surface area contributed by atoms with Gasteiger partial charge in [-0.15, -0.1) is 0 Å². The van der Waals surface area contributed by atoms with Crippen LogP contribution in [0, 0.1) is 5.82 Å². The van der Waals surface area contributed by atoms with Crippen LogP contribution in [0.5, 0.6) is 0 Å². The number of halogens is 1. The van der Waals surface area contributed by atoms with E-state index >= 15 is 0 Å². The van der Waals surface area contributed by atoms with E-state index in [0.29, 0.717) is 11.1 Å². The van der Waals surface area contributed by atoms with E-state index in [2.05, 4.69) is 5.32 Å². The lowest BCUT2D eigenvalue weighted by atomic mass is 10.0. The second kappa shape index (κ2) is 4.29. The molecule has 1 aromatic carbocycles. The van der Waals surface area contributed by atoms with Crippen molar-refractivity contribution in [1.82, 2.24) is 5.32 Å². The lowest BCUT2D eigenvalue weighted by molar-refractivity contribution is -0.118. The van der Waals surface area contributed by atoms with Crippen LogP contribution in [-0.4, -0.2) is 5.91 Å². The van der Waals surface area contributed by atoms with E-state index in [4.69, 9.17) is 0 Å². The van der Waals surface area contributed by atoms with Gasteiger partial charge in [0.25, 0.3) is 5.91 Å². The Morgan fingerprint density at radius 1 is 1.14 bits per heavy atom. The Labute approximate surface area is 122 Å². The Morgan fingerprint density at radius 2 is 1.95 bits per heavy atom. The Hall–Kier alpha value is -2.42. The van der Waals surface area contributed by atoms with Gasteiger partial charge in [0.05, 0.1) is 5.54 Å². The summed E-state index contributed by atoms with van der Waals surface area (Å²) >= 11 is 0. The Kier molecular flexibility index (Phi) is 2.52. The van der Waals surface area contributed by atoms with E-state index in [1.54, 1.807) is 12.1 Å². The molecule has 0 heterocycles. The fraction of sp³-hybridized carbons (Fsp3) is 0.167. The van der Waals surface area contributed by atoms with Gasteiger partial charge in [-0.3, -0.25) is 4.79 Å². The van der Waals surface area contributed by atoms with Crippen LogP contribution in [-0.2, 0) is 10.3 Å². The van der Waals surface area contributed by atoms with E-state index in [9.17, 15) is 9.18 Å². The molecular formula is C18H14FNO. The minimum Gasteiger partial charge on any atom is -0.342 e. The van der Waals surface area contributed by atoms with Crippen LogP contribution < -0.4 is 5.32 Å². The Balaban J connectivity index is 1.57. The van der Waals surface area contributed by atoms with Crippen molar-refractivity contribution >= 4 is 5.91 Å². The Morgan fingerprint density at radius 3 is 2.71 bits per heavy atom. The van der Waals surface area contributed by atoms with Crippen molar-refractivity contribution in [2.45, 2.75) is 18.4 Å². The molecule has 3 aliphatic rings. The fourth-order valence-corrected chi connectivity index (χ4v) is 3.01. The molecule has 0 radical (unpaired) electrons. The van der Waals surface area contributed by atoms with Crippen molar-refractivity contribution in [1.29, 1.82) is 0 Å². The van der Waals surface area contributed by atoms with Gasteiger partial charge >= 0.3 is 0 Å². The summed E-state index contributed by atoms with van der Waals surface area (Å²) in [5.74, 6) is -0.381. The maximum absolute atomic E-state index is 14.0. The summed E-state index contributed by atoms with van der Waals surface area (Å²) in [6.45, 7) is 0. The van der Waals surface area contributed by atoms with Gasteiger partial charge in [0, 0.05) is 11.1 Å². The molecule has 0 aromatic heterocycles. The number of benzene rings is 1. The number of amides is 1. The zero-order chi connectivity index (χ0) is 14.4. The summed E-state index contributed by atoms with van der Waals surface area (Å²) in [6.07, 6.45) is 11.2. The number of hydrogen-bond donors (Lipinski definition) is 1. The SMILES string of the molecule is O=C(NC1(c2ccccc2F)CC1)C1=CC=C2C=CC=C21. The first-order valence-corrected chi connectivity index (χ1v) is 7.08. The van der Waals surface area contributed by atoms with Gasteiger partial charge in [-0.25, -0.2) is 4.39 Å². The smallest absolute Gasteiger partial charge is 0.252 e. The molecule has 0 unspecified atom stereocenters. The highest BCUT2D eigenvalue weighted by Crippen LogP contribution is 2.47. The summed E-state index contributed by atoms with van der Waals surface area (Å²) in [6, 6.07) is 6.68. The van der Waals surface area contributed by atoms with Crippen LogP contribution in [0.15, 0.2) is 71.4 Å². The normalized spacial score (nSPS) is 20.5. The van der Waals surface area contributed by atoms with Gasteiger partial charge in [-0.1, -0.05) is 42.5 Å². The van der Waals surface area contributed by atoms with Crippen molar-refractivity contribution in [3.8, 4) is 0 Å². The molecule has 1 aromatic rings. The maximum atomic E-state index is 14.0. The molecule has 2 nitrogen and oxygen atoms in total. The summed E-state index contributed by atoms with van der Waals surface area (Å²) in [4.78, 5) is 12.5. The van der Waals surface area contributed by atoms with Crippen molar-refractivity contribution < 1.29 is 9.18 Å². The highest BCUT2D eigenvalue weighted by molar-refractivity contribution is 6.02. The third kappa shape index (κ3) is 1.88. The van der Waals surface area contributed by atoms with Gasteiger partial charge in [0.2, 0.25) is 0 Å². The molecule has 3 aliphatic carbocycles. The standard InChI is InChI=1S/C18H14FNO/c19-16-7-2-1-6-15(16)18(10-11-18)20-17(21)14-9-8-12-4-3-5-13(12)14/h1-9H,10-11H2,(H,20,21). The highest BCUT2D eigenvalue weighted by Gasteiger charge is 2.47. The topological polar surface area (TPSA) is 29.1 Å². The van der Waals surface area contributed by atoms with E-state index < -0.39 is 5.54 Å². The second-order valence-corrected chi connectivity index (χ2v) is 5.66. The minimum absolute atomic E-state index is 0.128. The van der Waals surface area contributed by atoms with Crippen LogP contribution in [0.4, 0.5) is 4.39 Å². The van der Waals surface area contributed by atoms with E-state index in [1.807, 2.05) is 36.4 Å². The number of rotatable bonds is 3. The largest absolute Gasteiger partial charge is 0.342 e. The van der Waals surface area contributed by atoms with E-state index in [1.165, 1.54) is 6.07 Å². The Bertz CT molecular complexity index is 763. The zero-order valence-corrected chi connectivity index (χ0v) is 11.4. The van der Waals surface area contributed by atoms with E-state index in [-0.39, 0.29) is 11.7 Å². The number of allylic oxidation sites excluding steroid dienone is 6. The first kappa shape index (κ1) is 12.3. The predicted octanol–water partition coefficient (Wildman–Crippen LogP) is 3.29. The molecule has 1 saturated carbocycles. The van der Waals surface area contributed by atoms with Gasteiger partial charge in [-0.2, -0.15) is 0 Å². The van der Waals surface area contributed by atoms with Crippen molar-refractivity contribution in [2.75, 3.05) is 0 Å². The van der Waals surface area contributed by atoms with Gasteiger partial charge in [0.1, 0.15) is 5.82 Å². The molecule has 1 amide bonds. The number of fused-ring (bicyclic) bond motifs is 1. The van der Waals surface area contributed by atoms with Crippen LogP contribution in [0.1, 0.15) is 18.4 Å². The number of carbonyl (C=O) groups is 1. The lowest BCUT2D eigenvalue weighted by Gasteiger charge is -2.19. The van der Waals surface area contributed by atoms with E-state index in [0.717, 1.165) is 24.0 Å². The average molecular weight is 279 g/mol. The molecule has 3 heteroatoms. The minimum atomic E-state index is -0.529. The van der Waals surface area contributed by atoms with Crippen molar-refractivity contribution in [3.05, 3.63) is 82.7 Å². The predicted molar refractivity (Wildman–Crippen MR) is 78.8 cm³/mol. The molecule has 0 spiro atoms. The summed E-state index contributed by atoms with van der Waals surface area (Å²) < 4.78 is 14.0. The van der Waals surface area contributed by atoms with Crippen LogP contribution >= 0.6 is 0 Å². The average Bonchev–Trinajstić information content (AvgIpc) is 2.93. The van der Waals surface area contributed by atoms with Crippen molar-refractivity contribution in [3.63, 3.8) is 0 Å². The molecule has 0 atom stereocenters. The maximum Gasteiger partial charge on any atom is 0.252 e. The van der Waals surface area contributed by atoms with Crippen molar-refractivity contribution in [2.24, 2.45) is 0 Å². The number of nitrogens with one attached hydrogen (secondary N) is 1. The molecule has 4 rings (SSSR count).